The number of benzene rings is 1. The zero-order valence-electron chi connectivity index (χ0n) is 14.2. The van der Waals surface area contributed by atoms with Crippen LogP contribution in [0.15, 0.2) is 34.0 Å². The minimum absolute atomic E-state index is 0.168. The Hall–Kier alpha value is -3.01. The Balaban J connectivity index is 1.68. The Kier molecular flexibility index (Phi) is 3.56. The predicted octanol–water partition coefficient (Wildman–Crippen LogP) is 3.88. The second-order valence-electron chi connectivity index (χ2n) is 7.11. The number of aromatic amines is 1. The lowest BCUT2D eigenvalue weighted by Crippen LogP contribution is -2.32. The highest BCUT2D eigenvalue weighted by atomic mass is 16.6. The SMILES string of the molecule is N#CC1C(C2CCCCC2)=Nc2[nH]ncc2C1c1cccc2nonc12. The number of nitrogens with one attached hydrogen (secondary N) is 1. The maximum absolute atomic E-state index is 10.1. The Morgan fingerprint density at radius 3 is 2.85 bits per heavy atom. The first-order valence-electron chi connectivity index (χ1n) is 9.09. The standard InChI is InChI=1S/C19H18N6O/c20-9-13-16(12-7-4-8-15-18(12)25-26-24-15)14-10-21-23-19(14)22-17(13)11-5-2-1-3-6-11/h4,7-8,10-11,13,16H,1-3,5-6H2,(H,21,23). The molecule has 1 N–H and O–H groups in total. The van der Waals surface area contributed by atoms with Crippen molar-refractivity contribution >= 4 is 22.6 Å². The molecule has 1 fully saturated rings. The first-order valence-corrected chi connectivity index (χ1v) is 9.09. The van der Waals surface area contributed by atoms with Gasteiger partial charge in [-0.3, -0.25) is 5.10 Å². The molecule has 7 nitrogen and oxygen atoms in total. The molecule has 1 aliphatic carbocycles. The van der Waals surface area contributed by atoms with Gasteiger partial charge >= 0.3 is 0 Å². The highest BCUT2D eigenvalue weighted by Gasteiger charge is 2.40. The normalized spacial score (nSPS) is 23.4. The van der Waals surface area contributed by atoms with E-state index < -0.39 is 0 Å². The van der Waals surface area contributed by atoms with Crippen LogP contribution in [-0.2, 0) is 0 Å². The summed E-state index contributed by atoms with van der Waals surface area (Å²) in [7, 11) is 0. The van der Waals surface area contributed by atoms with Gasteiger partial charge in [0.1, 0.15) is 11.0 Å². The number of aromatic nitrogens is 4. The fourth-order valence-electron chi connectivity index (χ4n) is 4.46. The third-order valence-corrected chi connectivity index (χ3v) is 5.69. The fraction of sp³-hybridized carbons (Fsp3) is 0.421. The Bertz CT molecular complexity index is 1020. The van der Waals surface area contributed by atoms with Crippen molar-refractivity contribution in [1.29, 1.82) is 5.26 Å². The van der Waals surface area contributed by atoms with Gasteiger partial charge in [0.15, 0.2) is 5.82 Å². The van der Waals surface area contributed by atoms with Gasteiger partial charge in [0, 0.05) is 17.2 Å². The van der Waals surface area contributed by atoms with E-state index in [0.29, 0.717) is 17.0 Å². The minimum Gasteiger partial charge on any atom is -0.261 e. The topological polar surface area (TPSA) is 104 Å². The van der Waals surface area contributed by atoms with Crippen LogP contribution >= 0.6 is 0 Å². The third kappa shape index (κ3) is 2.25. The molecule has 0 spiro atoms. The Labute approximate surface area is 150 Å². The van der Waals surface area contributed by atoms with E-state index in [-0.39, 0.29) is 11.8 Å². The van der Waals surface area contributed by atoms with Gasteiger partial charge in [-0.05, 0) is 40.7 Å². The first-order chi connectivity index (χ1) is 12.9. The van der Waals surface area contributed by atoms with Crippen LogP contribution in [0.3, 0.4) is 0 Å². The average Bonchev–Trinajstić information content (AvgIpc) is 3.36. The molecule has 0 amide bonds. The van der Waals surface area contributed by atoms with Crippen LogP contribution in [0.5, 0.6) is 0 Å². The summed E-state index contributed by atoms with van der Waals surface area (Å²) in [6.07, 6.45) is 7.64. The van der Waals surface area contributed by atoms with Crippen LogP contribution in [0.2, 0.25) is 0 Å². The smallest absolute Gasteiger partial charge is 0.151 e. The Morgan fingerprint density at radius 1 is 1.12 bits per heavy atom. The Morgan fingerprint density at radius 2 is 2.00 bits per heavy atom. The zero-order chi connectivity index (χ0) is 17.5. The van der Waals surface area contributed by atoms with E-state index in [1.807, 2.05) is 18.2 Å². The number of hydrogen-bond acceptors (Lipinski definition) is 6. The van der Waals surface area contributed by atoms with Gasteiger partial charge in [-0.25, -0.2) is 9.62 Å². The van der Waals surface area contributed by atoms with E-state index in [1.54, 1.807) is 6.20 Å². The number of nitriles is 1. The van der Waals surface area contributed by atoms with Crippen LogP contribution in [-0.4, -0.2) is 26.2 Å². The van der Waals surface area contributed by atoms with Gasteiger partial charge in [-0.1, -0.05) is 31.4 Å². The van der Waals surface area contributed by atoms with Gasteiger partial charge < -0.3 is 0 Å². The molecule has 1 aromatic carbocycles. The van der Waals surface area contributed by atoms with Crippen LogP contribution in [0, 0.1) is 23.2 Å². The van der Waals surface area contributed by atoms with Crippen molar-refractivity contribution in [1.82, 2.24) is 20.5 Å². The molecule has 1 aliphatic heterocycles. The molecule has 1 saturated carbocycles. The van der Waals surface area contributed by atoms with Crippen molar-refractivity contribution in [2.75, 3.05) is 0 Å². The van der Waals surface area contributed by atoms with E-state index in [4.69, 9.17) is 9.62 Å². The molecule has 2 aromatic heterocycles. The van der Waals surface area contributed by atoms with Gasteiger partial charge in [0.2, 0.25) is 0 Å². The van der Waals surface area contributed by atoms with Crippen LogP contribution in [0.4, 0.5) is 5.82 Å². The second-order valence-corrected chi connectivity index (χ2v) is 7.11. The molecule has 3 aromatic rings. The predicted molar refractivity (Wildman–Crippen MR) is 95.0 cm³/mol. The van der Waals surface area contributed by atoms with Crippen molar-refractivity contribution < 1.29 is 4.63 Å². The summed E-state index contributed by atoms with van der Waals surface area (Å²) in [5.74, 6) is 0.627. The number of fused-ring (bicyclic) bond motifs is 2. The summed E-state index contributed by atoms with van der Waals surface area (Å²) < 4.78 is 4.94. The van der Waals surface area contributed by atoms with E-state index in [2.05, 4.69) is 26.6 Å². The third-order valence-electron chi connectivity index (χ3n) is 5.69. The molecule has 26 heavy (non-hydrogen) atoms. The summed E-state index contributed by atoms with van der Waals surface area (Å²) in [4.78, 5) is 4.84. The van der Waals surface area contributed by atoms with Crippen molar-refractivity contribution in [2.24, 2.45) is 16.8 Å². The molecular formula is C19H18N6O. The second kappa shape index (κ2) is 6.06. The quantitative estimate of drug-likeness (QED) is 0.758. The highest BCUT2D eigenvalue weighted by molar-refractivity contribution is 5.97. The summed E-state index contributed by atoms with van der Waals surface area (Å²) in [6, 6.07) is 8.34. The minimum atomic E-state index is -0.328. The van der Waals surface area contributed by atoms with E-state index in [1.165, 1.54) is 19.3 Å². The number of H-pyrrole nitrogens is 1. The van der Waals surface area contributed by atoms with Crippen molar-refractivity contribution in [3.8, 4) is 6.07 Å². The highest BCUT2D eigenvalue weighted by Crippen LogP contribution is 2.45. The number of aliphatic imine (C=N–C) groups is 1. The summed E-state index contributed by atoms with van der Waals surface area (Å²) in [5.41, 5.74) is 4.27. The molecule has 7 heteroatoms. The summed E-state index contributed by atoms with van der Waals surface area (Å²) >= 11 is 0. The largest absolute Gasteiger partial charge is 0.261 e. The van der Waals surface area contributed by atoms with Crippen LogP contribution in [0.1, 0.15) is 49.1 Å². The molecule has 2 atom stereocenters. The number of hydrogen-bond donors (Lipinski definition) is 1. The number of nitrogens with zero attached hydrogens (tertiary/aromatic N) is 5. The lowest BCUT2D eigenvalue weighted by Gasteiger charge is -2.32. The average molecular weight is 346 g/mol. The van der Waals surface area contributed by atoms with Gasteiger partial charge in [0.25, 0.3) is 0 Å². The molecule has 2 aliphatic rings. The molecule has 5 rings (SSSR count). The van der Waals surface area contributed by atoms with Crippen molar-refractivity contribution in [2.45, 2.75) is 38.0 Å². The van der Waals surface area contributed by atoms with Crippen molar-refractivity contribution in [3.05, 3.63) is 35.5 Å². The summed E-state index contributed by atoms with van der Waals surface area (Å²) in [6.45, 7) is 0. The van der Waals surface area contributed by atoms with Gasteiger partial charge in [-0.2, -0.15) is 10.4 Å². The van der Waals surface area contributed by atoms with Crippen LogP contribution in [0.25, 0.3) is 11.0 Å². The summed E-state index contributed by atoms with van der Waals surface area (Å²) in [5, 5.41) is 25.3. The molecule has 2 unspecified atom stereocenters. The molecule has 0 saturated heterocycles. The van der Waals surface area contributed by atoms with E-state index >= 15 is 0 Å². The van der Waals surface area contributed by atoms with Crippen LogP contribution < -0.4 is 0 Å². The van der Waals surface area contributed by atoms with Gasteiger partial charge in [0.05, 0.1) is 18.2 Å². The first kappa shape index (κ1) is 15.3. The number of rotatable bonds is 2. The lowest BCUT2D eigenvalue weighted by molar-refractivity contribution is 0.315. The molecular weight excluding hydrogens is 328 g/mol. The maximum atomic E-state index is 10.1. The van der Waals surface area contributed by atoms with Gasteiger partial charge in [-0.15, -0.1) is 0 Å². The maximum Gasteiger partial charge on any atom is 0.151 e. The molecule has 3 heterocycles. The molecule has 0 bridgehead atoms. The molecule has 130 valence electrons. The molecule has 0 radical (unpaired) electrons. The van der Waals surface area contributed by atoms with E-state index in [0.717, 1.165) is 35.5 Å². The monoisotopic (exact) mass is 346 g/mol. The lowest BCUT2D eigenvalue weighted by atomic mass is 9.71. The fourth-order valence-corrected chi connectivity index (χ4v) is 4.46. The van der Waals surface area contributed by atoms with Crippen molar-refractivity contribution in [3.63, 3.8) is 0 Å². The van der Waals surface area contributed by atoms with E-state index in [9.17, 15) is 5.26 Å². The zero-order valence-corrected chi connectivity index (χ0v) is 14.2.